The van der Waals surface area contributed by atoms with E-state index in [0.717, 1.165) is 36.0 Å². The van der Waals surface area contributed by atoms with Gasteiger partial charge in [-0.3, -0.25) is 4.79 Å². The standard InChI is InChI=1S/C35H47N2O4.BrH/c1-23-14-24(2)17-27(16-23)20-30-32-29(21-31(39-7)33(40-8)34(32)41-9)35(38)36(30)12-10-11-13-37(5,6)22-28-18-25(3)15-26(4)19-28;/h14-19,21,30H,10-13,20,22H2,1-9H3;1H/q+1;/p-1. The molecule has 0 radical (unpaired) electrons. The summed E-state index contributed by atoms with van der Waals surface area (Å²) in [4.78, 5) is 16.0. The Kier molecular flexibility index (Phi) is 11.1. The van der Waals surface area contributed by atoms with Crippen LogP contribution in [0.2, 0.25) is 0 Å². The van der Waals surface area contributed by atoms with Crippen LogP contribution < -0.4 is 31.2 Å². The van der Waals surface area contributed by atoms with Gasteiger partial charge in [-0.1, -0.05) is 58.7 Å². The molecule has 0 bridgehead atoms. The van der Waals surface area contributed by atoms with E-state index in [2.05, 4.69) is 78.2 Å². The largest absolute Gasteiger partial charge is 1.00 e. The molecule has 3 aromatic carbocycles. The van der Waals surface area contributed by atoms with E-state index in [9.17, 15) is 4.79 Å². The van der Waals surface area contributed by atoms with E-state index in [-0.39, 0.29) is 28.9 Å². The molecular weight excluding hydrogens is 592 g/mol. The Hall–Kier alpha value is -3.03. The monoisotopic (exact) mass is 638 g/mol. The number of ether oxygens (including phenoxy) is 3. The normalized spacial score (nSPS) is 14.5. The van der Waals surface area contributed by atoms with Gasteiger partial charge in [-0.15, -0.1) is 0 Å². The molecule has 0 fully saturated rings. The zero-order valence-corrected chi connectivity index (χ0v) is 28.4. The second-order valence-corrected chi connectivity index (χ2v) is 12.3. The number of carbonyl (C=O) groups is 1. The quantitative estimate of drug-likeness (QED) is 0.224. The van der Waals surface area contributed by atoms with Crippen molar-refractivity contribution < 1.29 is 40.5 Å². The highest BCUT2D eigenvalue weighted by Crippen LogP contribution is 2.50. The number of halogens is 1. The number of hydrogen-bond donors (Lipinski definition) is 0. The molecule has 42 heavy (non-hydrogen) atoms. The number of unbranched alkanes of at least 4 members (excludes halogenated alkanes) is 1. The van der Waals surface area contributed by atoms with Crippen molar-refractivity contribution in [3.63, 3.8) is 0 Å². The molecule has 228 valence electrons. The van der Waals surface area contributed by atoms with Crippen LogP contribution in [0.15, 0.2) is 42.5 Å². The highest BCUT2D eigenvalue weighted by molar-refractivity contribution is 6.01. The van der Waals surface area contributed by atoms with E-state index in [1.165, 1.54) is 33.4 Å². The smallest absolute Gasteiger partial charge is 0.255 e. The number of quaternary nitrogens is 1. The molecule has 0 saturated heterocycles. The molecule has 1 atom stereocenters. The van der Waals surface area contributed by atoms with Gasteiger partial charge in [0.05, 0.1) is 53.6 Å². The number of fused-ring (bicyclic) bond motifs is 1. The van der Waals surface area contributed by atoms with Crippen LogP contribution in [-0.2, 0) is 13.0 Å². The Morgan fingerprint density at radius 1 is 0.738 bits per heavy atom. The van der Waals surface area contributed by atoms with E-state index in [1.807, 2.05) is 11.0 Å². The number of nitrogens with zero attached hydrogens (tertiary/aromatic N) is 2. The minimum absolute atomic E-state index is 0. The lowest BCUT2D eigenvalue weighted by Crippen LogP contribution is -3.00. The van der Waals surface area contributed by atoms with Crippen LogP contribution in [0.1, 0.15) is 68.2 Å². The maximum Gasteiger partial charge on any atom is 0.255 e. The molecule has 0 N–H and O–H groups in total. The molecule has 1 unspecified atom stereocenters. The van der Waals surface area contributed by atoms with Gasteiger partial charge in [0.2, 0.25) is 5.75 Å². The number of hydrogen-bond acceptors (Lipinski definition) is 4. The van der Waals surface area contributed by atoms with Gasteiger partial charge in [-0.05, 0) is 58.6 Å². The first-order valence-corrected chi connectivity index (χ1v) is 14.6. The fourth-order valence-electron chi connectivity index (χ4n) is 6.57. The van der Waals surface area contributed by atoms with Gasteiger partial charge in [-0.25, -0.2) is 0 Å². The van der Waals surface area contributed by atoms with Gasteiger partial charge in [-0.2, -0.15) is 0 Å². The lowest BCUT2D eigenvalue weighted by Gasteiger charge is -2.31. The van der Waals surface area contributed by atoms with Crippen LogP contribution in [0.25, 0.3) is 0 Å². The van der Waals surface area contributed by atoms with Crippen LogP contribution in [0.4, 0.5) is 0 Å². The molecule has 1 aliphatic heterocycles. The van der Waals surface area contributed by atoms with Gasteiger partial charge in [0.15, 0.2) is 11.5 Å². The average molecular weight is 640 g/mol. The third kappa shape index (κ3) is 7.48. The molecule has 3 aromatic rings. The number of carbonyl (C=O) groups excluding carboxylic acids is 1. The van der Waals surface area contributed by atoms with Crippen molar-refractivity contribution in [3.05, 3.63) is 87.0 Å². The second-order valence-electron chi connectivity index (χ2n) is 12.3. The van der Waals surface area contributed by atoms with Gasteiger partial charge in [0.25, 0.3) is 5.91 Å². The summed E-state index contributed by atoms with van der Waals surface area (Å²) in [6.07, 6.45) is 2.66. The van der Waals surface area contributed by atoms with E-state index in [1.54, 1.807) is 21.3 Å². The highest BCUT2D eigenvalue weighted by Gasteiger charge is 2.41. The van der Waals surface area contributed by atoms with Crippen molar-refractivity contribution >= 4 is 5.91 Å². The van der Waals surface area contributed by atoms with Gasteiger partial charge in [0.1, 0.15) is 6.54 Å². The van der Waals surface area contributed by atoms with Crippen molar-refractivity contribution in [1.82, 2.24) is 4.90 Å². The number of methoxy groups -OCH3 is 3. The van der Waals surface area contributed by atoms with Crippen LogP contribution in [-0.4, -0.2) is 63.8 Å². The number of rotatable bonds is 12. The first kappa shape index (κ1) is 33.5. The molecule has 0 spiro atoms. The zero-order valence-electron chi connectivity index (χ0n) is 26.8. The van der Waals surface area contributed by atoms with Gasteiger partial charge < -0.3 is 40.6 Å². The summed E-state index contributed by atoms with van der Waals surface area (Å²) >= 11 is 0. The topological polar surface area (TPSA) is 48.0 Å². The minimum atomic E-state index is -0.147. The average Bonchev–Trinajstić information content (AvgIpc) is 3.13. The molecule has 4 rings (SSSR count). The maximum atomic E-state index is 13.9. The van der Waals surface area contributed by atoms with Crippen LogP contribution in [0.5, 0.6) is 17.2 Å². The Morgan fingerprint density at radius 2 is 1.29 bits per heavy atom. The summed E-state index contributed by atoms with van der Waals surface area (Å²) in [6.45, 7) is 11.3. The van der Waals surface area contributed by atoms with Crippen LogP contribution in [0, 0.1) is 27.7 Å². The molecule has 6 nitrogen and oxygen atoms in total. The third-order valence-corrected chi connectivity index (χ3v) is 8.08. The Bertz CT molecular complexity index is 1380. The fraction of sp³-hybridized carbons (Fsp3) is 0.457. The summed E-state index contributed by atoms with van der Waals surface area (Å²) in [7, 11) is 9.42. The highest BCUT2D eigenvalue weighted by atomic mass is 79.9. The Balaban J connectivity index is 0.00000484. The molecule has 0 aliphatic carbocycles. The predicted molar refractivity (Wildman–Crippen MR) is 165 cm³/mol. The van der Waals surface area contributed by atoms with Crippen LogP contribution >= 0.6 is 0 Å². The number of aryl methyl sites for hydroxylation is 4. The maximum absolute atomic E-state index is 13.9. The molecular formula is C35H47BrN2O4. The Morgan fingerprint density at radius 3 is 1.81 bits per heavy atom. The lowest BCUT2D eigenvalue weighted by molar-refractivity contribution is -0.903. The molecule has 0 aromatic heterocycles. The summed E-state index contributed by atoms with van der Waals surface area (Å²) in [5.41, 5.74) is 9.18. The number of benzene rings is 3. The van der Waals surface area contributed by atoms with E-state index >= 15 is 0 Å². The molecule has 1 aliphatic rings. The van der Waals surface area contributed by atoms with Crippen molar-refractivity contribution in [1.29, 1.82) is 0 Å². The SMILES string of the molecule is COc1cc2c(c(OC)c1OC)C(Cc1cc(C)cc(C)c1)N(CCCC[N+](C)(C)Cc1cc(C)cc(C)c1)C2=O.[Br-]. The molecule has 7 heteroatoms. The summed E-state index contributed by atoms with van der Waals surface area (Å²) < 4.78 is 18.1. The first-order valence-electron chi connectivity index (χ1n) is 14.6. The van der Waals surface area contributed by atoms with E-state index in [4.69, 9.17) is 14.2 Å². The summed E-state index contributed by atoms with van der Waals surface area (Å²) in [5.74, 6) is 1.64. The van der Waals surface area contributed by atoms with E-state index in [0.29, 0.717) is 35.8 Å². The lowest BCUT2D eigenvalue weighted by atomic mass is 9.94. The van der Waals surface area contributed by atoms with Crippen LogP contribution in [0.3, 0.4) is 0 Å². The van der Waals surface area contributed by atoms with Gasteiger partial charge in [0, 0.05) is 17.7 Å². The fourth-order valence-corrected chi connectivity index (χ4v) is 6.57. The van der Waals surface area contributed by atoms with Crippen molar-refractivity contribution in [2.75, 3.05) is 48.5 Å². The van der Waals surface area contributed by atoms with Crippen molar-refractivity contribution in [2.45, 2.75) is 59.5 Å². The first-order chi connectivity index (χ1) is 19.5. The second kappa shape index (κ2) is 14.0. The molecule has 1 heterocycles. The van der Waals surface area contributed by atoms with E-state index < -0.39 is 0 Å². The number of amides is 1. The van der Waals surface area contributed by atoms with Crippen molar-refractivity contribution in [3.8, 4) is 17.2 Å². The predicted octanol–water partition coefficient (Wildman–Crippen LogP) is 3.75. The third-order valence-electron chi connectivity index (χ3n) is 8.08. The molecule has 0 saturated carbocycles. The van der Waals surface area contributed by atoms with Crippen molar-refractivity contribution in [2.24, 2.45) is 0 Å². The zero-order chi connectivity index (χ0) is 29.9. The summed E-state index contributed by atoms with van der Waals surface area (Å²) in [6, 6.07) is 15.1. The minimum Gasteiger partial charge on any atom is -1.00 e. The summed E-state index contributed by atoms with van der Waals surface area (Å²) in [5, 5.41) is 0. The Labute approximate surface area is 262 Å². The molecule has 1 amide bonds. The van der Waals surface area contributed by atoms with Gasteiger partial charge >= 0.3 is 0 Å².